The highest BCUT2D eigenvalue weighted by Gasteiger charge is 2.24. The van der Waals surface area contributed by atoms with Crippen LogP contribution < -0.4 is 0 Å². The minimum absolute atomic E-state index is 0.135. The van der Waals surface area contributed by atoms with E-state index >= 15 is 0 Å². The monoisotopic (exact) mass is 484 g/mol. The SMILES string of the molecule is COC(=O)CCOC1c2cc(/C=C/c3ccc4cc(F)c(F)cc4n3)ccc2C=Cc2cccnc21. The molecule has 2 aromatic heterocycles. The number of pyridine rings is 2. The molecule has 1 unspecified atom stereocenters. The molecule has 1 aliphatic rings. The Bertz CT molecular complexity index is 1510. The summed E-state index contributed by atoms with van der Waals surface area (Å²) in [6, 6.07) is 15.5. The number of carbonyl (C=O) groups is 1. The number of hydrogen-bond donors (Lipinski definition) is 0. The lowest BCUT2D eigenvalue weighted by Gasteiger charge is -2.20. The number of benzene rings is 2. The van der Waals surface area contributed by atoms with E-state index in [1.54, 1.807) is 18.3 Å². The van der Waals surface area contributed by atoms with Crippen molar-refractivity contribution in [2.45, 2.75) is 12.5 Å². The smallest absolute Gasteiger partial charge is 0.307 e. The number of hydrogen-bond acceptors (Lipinski definition) is 5. The predicted octanol–water partition coefficient (Wildman–Crippen LogP) is 6.23. The number of carbonyl (C=O) groups excluding carboxylic acids is 1. The summed E-state index contributed by atoms with van der Waals surface area (Å²) in [5.74, 6) is -2.17. The summed E-state index contributed by atoms with van der Waals surface area (Å²) in [7, 11) is 1.35. The second-order valence-electron chi connectivity index (χ2n) is 8.30. The van der Waals surface area contributed by atoms with Gasteiger partial charge in [0.1, 0.15) is 6.10 Å². The number of esters is 1. The maximum atomic E-state index is 13.6. The van der Waals surface area contributed by atoms with E-state index in [-0.39, 0.29) is 19.0 Å². The van der Waals surface area contributed by atoms with Gasteiger partial charge in [-0.15, -0.1) is 0 Å². The lowest BCUT2D eigenvalue weighted by Crippen LogP contribution is -2.14. The molecule has 0 saturated heterocycles. The molecule has 1 aliphatic carbocycles. The van der Waals surface area contributed by atoms with Crippen molar-refractivity contribution in [2.75, 3.05) is 13.7 Å². The molecule has 1 atom stereocenters. The van der Waals surface area contributed by atoms with Crippen LogP contribution in [0.25, 0.3) is 35.2 Å². The second-order valence-corrected chi connectivity index (χ2v) is 8.30. The Morgan fingerprint density at radius 2 is 1.83 bits per heavy atom. The Morgan fingerprint density at radius 1 is 1.00 bits per heavy atom. The van der Waals surface area contributed by atoms with Crippen LogP contribution in [0.5, 0.6) is 0 Å². The molecule has 5 nitrogen and oxygen atoms in total. The van der Waals surface area contributed by atoms with Gasteiger partial charge in [-0.2, -0.15) is 0 Å². The molecule has 0 bridgehead atoms. The fourth-order valence-corrected chi connectivity index (χ4v) is 4.13. The van der Waals surface area contributed by atoms with Gasteiger partial charge in [-0.25, -0.2) is 13.8 Å². The second kappa shape index (κ2) is 10.2. The van der Waals surface area contributed by atoms with E-state index in [1.807, 2.05) is 54.6 Å². The van der Waals surface area contributed by atoms with Crippen LogP contribution in [0.3, 0.4) is 0 Å². The zero-order valence-electron chi connectivity index (χ0n) is 19.4. The molecule has 0 radical (unpaired) electrons. The zero-order chi connectivity index (χ0) is 25.1. The van der Waals surface area contributed by atoms with Crippen LogP contribution in [0.1, 0.15) is 46.2 Å². The van der Waals surface area contributed by atoms with Gasteiger partial charge in [-0.1, -0.05) is 42.5 Å². The lowest BCUT2D eigenvalue weighted by atomic mass is 9.97. The number of nitrogens with zero attached hydrogens (tertiary/aromatic N) is 2. The Labute approximate surface area is 206 Å². The molecule has 2 heterocycles. The quantitative estimate of drug-likeness (QED) is 0.304. The van der Waals surface area contributed by atoms with E-state index in [0.717, 1.165) is 40.1 Å². The third-order valence-corrected chi connectivity index (χ3v) is 5.97. The third-order valence-electron chi connectivity index (χ3n) is 5.97. The average Bonchev–Trinajstić information content (AvgIpc) is 3.05. The Morgan fingerprint density at radius 3 is 2.69 bits per heavy atom. The molecule has 0 spiro atoms. The number of methoxy groups -OCH3 is 1. The van der Waals surface area contributed by atoms with Gasteiger partial charge in [0.2, 0.25) is 0 Å². The van der Waals surface area contributed by atoms with Crippen molar-refractivity contribution in [2.24, 2.45) is 0 Å². The molecule has 2 aromatic carbocycles. The standard InChI is InChI=1S/C29H22F2N2O3/c1-35-27(34)12-14-36-29-23-15-18(4-6-19(23)7-8-20-3-2-13-32-28(20)29)5-10-22-11-9-21-16-24(30)25(31)17-26(21)33-22/h2-11,13,15-17,29H,12,14H2,1H3/b10-5+. The van der Waals surface area contributed by atoms with Crippen molar-refractivity contribution >= 4 is 41.2 Å². The lowest BCUT2D eigenvalue weighted by molar-refractivity contribution is -0.142. The first-order valence-corrected chi connectivity index (χ1v) is 11.4. The number of fused-ring (bicyclic) bond motifs is 3. The summed E-state index contributed by atoms with van der Waals surface area (Å²) in [5.41, 5.74) is 5.50. The van der Waals surface area contributed by atoms with E-state index in [0.29, 0.717) is 16.6 Å². The van der Waals surface area contributed by atoms with E-state index in [1.165, 1.54) is 7.11 Å². The van der Waals surface area contributed by atoms with Crippen LogP contribution in [-0.2, 0) is 14.3 Å². The molecule has 36 heavy (non-hydrogen) atoms. The topological polar surface area (TPSA) is 61.3 Å². The molecule has 7 heteroatoms. The number of rotatable bonds is 6. The molecule has 4 aromatic rings. The summed E-state index contributed by atoms with van der Waals surface area (Å²) in [5, 5.41) is 0.529. The molecule has 0 aliphatic heterocycles. The van der Waals surface area contributed by atoms with Crippen molar-refractivity contribution in [1.82, 2.24) is 9.97 Å². The van der Waals surface area contributed by atoms with Gasteiger partial charge in [-0.05, 0) is 52.6 Å². The highest BCUT2D eigenvalue weighted by Crippen LogP contribution is 2.35. The highest BCUT2D eigenvalue weighted by atomic mass is 19.2. The van der Waals surface area contributed by atoms with E-state index in [2.05, 4.69) is 9.97 Å². The molecule has 0 N–H and O–H groups in total. The van der Waals surface area contributed by atoms with Crippen molar-refractivity contribution in [3.05, 3.63) is 106 Å². The maximum Gasteiger partial charge on any atom is 0.307 e. The van der Waals surface area contributed by atoms with E-state index in [9.17, 15) is 13.6 Å². The summed E-state index contributed by atoms with van der Waals surface area (Å²) in [6.45, 7) is 0.186. The van der Waals surface area contributed by atoms with Crippen LogP contribution in [0.4, 0.5) is 8.78 Å². The van der Waals surface area contributed by atoms with E-state index in [4.69, 9.17) is 9.47 Å². The van der Waals surface area contributed by atoms with E-state index < -0.39 is 17.7 Å². The van der Waals surface area contributed by atoms with Crippen molar-refractivity contribution in [1.29, 1.82) is 0 Å². The normalized spacial score (nSPS) is 14.5. The summed E-state index contributed by atoms with van der Waals surface area (Å²) < 4.78 is 38.0. The molecule has 0 amide bonds. The largest absolute Gasteiger partial charge is 0.469 e. The highest BCUT2D eigenvalue weighted by molar-refractivity contribution is 5.82. The Balaban J connectivity index is 1.46. The minimum atomic E-state index is -0.929. The molecule has 0 fully saturated rings. The summed E-state index contributed by atoms with van der Waals surface area (Å²) in [4.78, 5) is 20.6. The first kappa shape index (κ1) is 23.5. The Hall–Kier alpha value is -4.23. The number of aromatic nitrogens is 2. The van der Waals surface area contributed by atoms with Crippen LogP contribution in [0.15, 0.2) is 60.8 Å². The van der Waals surface area contributed by atoms with Crippen molar-refractivity contribution in [3.63, 3.8) is 0 Å². The molecule has 0 saturated carbocycles. The van der Waals surface area contributed by atoms with Crippen LogP contribution in [0, 0.1) is 11.6 Å². The first-order valence-electron chi connectivity index (χ1n) is 11.4. The van der Waals surface area contributed by atoms with Crippen molar-refractivity contribution in [3.8, 4) is 0 Å². The molecular weight excluding hydrogens is 462 g/mol. The van der Waals surface area contributed by atoms with Crippen LogP contribution in [-0.4, -0.2) is 29.7 Å². The Kier molecular flexibility index (Phi) is 6.64. The maximum absolute atomic E-state index is 13.6. The summed E-state index contributed by atoms with van der Waals surface area (Å²) >= 11 is 0. The zero-order valence-corrected chi connectivity index (χ0v) is 19.4. The average molecular weight is 485 g/mol. The van der Waals surface area contributed by atoms with Gasteiger partial charge in [-0.3, -0.25) is 9.78 Å². The van der Waals surface area contributed by atoms with Gasteiger partial charge in [0.25, 0.3) is 0 Å². The number of ether oxygens (including phenoxy) is 2. The summed E-state index contributed by atoms with van der Waals surface area (Å²) in [6.07, 6.45) is 9.11. The van der Waals surface area contributed by atoms with Gasteiger partial charge in [0.15, 0.2) is 11.6 Å². The van der Waals surface area contributed by atoms with Crippen molar-refractivity contribution < 1.29 is 23.0 Å². The van der Waals surface area contributed by atoms with Gasteiger partial charge >= 0.3 is 5.97 Å². The third kappa shape index (κ3) is 4.92. The van der Waals surface area contributed by atoms with Crippen LogP contribution >= 0.6 is 0 Å². The van der Waals surface area contributed by atoms with Gasteiger partial charge < -0.3 is 9.47 Å². The predicted molar refractivity (Wildman–Crippen MR) is 135 cm³/mol. The first-order chi connectivity index (χ1) is 17.5. The number of halogens is 2. The van der Waals surface area contributed by atoms with Crippen LogP contribution in [0.2, 0.25) is 0 Å². The van der Waals surface area contributed by atoms with Gasteiger partial charge in [0, 0.05) is 17.6 Å². The van der Waals surface area contributed by atoms with Gasteiger partial charge in [0.05, 0.1) is 37.0 Å². The molecule has 5 rings (SSSR count). The fourth-order valence-electron chi connectivity index (χ4n) is 4.13. The minimum Gasteiger partial charge on any atom is -0.469 e. The molecular formula is C29H22F2N2O3. The molecule has 180 valence electrons. The fraction of sp³-hybridized carbons (Fsp3) is 0.138.